The SMILES string of the molecule is CNCC(NC(=O)N1CCCC(C(OCCNC(=O)OC)c2cc(Cl)ccc2C)C1)C(O)C1CCCC1. The Morgan fingerprint density at radius 1 is 1.19 bits per heavy atom. The number of methoxy groups -OCH3 is 1. The van der Waals surface area contributed by atoms with Crippen LogP contribution in [0.1, 0.15) is 55.8 Å². The van der Waals surface area contributed by atoms with Crippen molar-refractivity contribution in [3.8, 4) is 0 Å². The van der Waals surface area contributed by atoms with E-state index in [-0.39, 0.29) is 30.0 Å². The topological polar surface area (TPSA) is 112 Å². The van der Waals surface area contributed by atoms with E-state index in [0.717, 1.165) is 49.7 Å². The van der Waals surface area contributed by atoms with Gasteiger partial charge in [-0.1, -0.05) is 30.5 Å². The van der Waals surface area contributed by atoms with Crippen LogP contribution in [0.2, 0.25) is 5.02 Å². The molecule has 2 fully saturated rings. The lowest BCUT2D eigenvalue weighted by atomic mass is 9.86. The van der Waals surface area contributed by atoms with Crippen LogP contribution in [0.25, 0.3) is 0 Å². The van der Waals surface area contributed by atoms with Crippen molar-refractivity contribution in [2.24, 2.45) is 11.8 Å². The molecule has 1 aliphatic heterocycles. The van der Waals surface area contributed by atoms with E-state index in [2.05, 4.69) is 20.7 Å². The molecular weight excluding hydrogens is 496 g/mol. The summed E-state index contributed by atoms with van der Waals surface area (Å²) in [5, 5.41) is 20.5. The zero-order valence-electron chi connectivity index (χ0n) is 22.3. The smallest absolute Gasteiger partial charge is 0.406 e. The Balaban J connectivity index is 1.69. The normalized spacial score (nSPS) is 20.8. The zero-order valence-corrected chi connectivity index (χ0v) is 23.1. The van der Waals surface area contributed by atoms with E-state index in [4.69, 9.17) is 16.3 Å². The quantitative estimate of drug-likeness (QED) is 0.320. The number of piperidine rings is 1. The molecule has 10 heteroatoms. The van der Waals surface area contributed by atoms with Crippen molar-refractivity contribution >= 4 is 23.7 Å². The molecule has 4 N–H and O–H groups in total. The fraction of sp³-hybridized carbons (Fsp3) is 0.704. The summed E-state index contributed by atoms with van der Waals surface area (Å²) < 4.78 is 10.9. The first kappa shape index (κ1) is 29.5. The maximum atomic E-state index is 13.3. The highest BCUT2D eigenvalue weighted by Crippen LogP contribution is 2.36. The van der Waals surface area contributed by atoms with E-state index < -0.39 is 12.2 Å². The van der Waals surface area contributed by atoms with Crippen LogP contribution in [0, 0.1) is 18.8 Å². The Hall–Kier alpha value is -2.07. The molecule has 9 nitrogen and oxygen atoms in total. The second kappa shape index (κ2) is 14.8. The number of carbonyl (C=O) groups excluding carboxylic acids is 2. The number of nitrogens with one attached hydrogen (secondary N) is 3. The molecule has 4 atom stereocenters. The third-order valence-electron chi connectivity index (χ3n) is 7.60. The predicted octanol–water partition coefficient (Wildman–Crippen LogP) is 3.62. The number of benzene rings is 1. The minimum atomic E-state index is -0.563. The van der Waals surface area contributed by atoms with Gasteiger partial charge in [-0.2, -0.15) is 0 Å². The number of aliphatic hydroxyl groups is 1. The molecule has 208 valence electrons. The van der Waals surface area contributed by atoms with Crippen molar-refractivity contribution < 1.29 is 24.2 Å². The van der Waals surface area contributed by atoms with Crippen LogP contribution in [-0.4, -0.2) is 81.2 Å². The van der Waals surface area contributed by atoms with Crippen molar-refractivity contribution in [3.63, 3.8) is 0 Å². The van der Waals surface area contributed by atoms with E-state index in [1.165, 1.54) is 7.11 Å². The van der Waals surface area contributed by atoms with Crippen molar-refractivity contribution in [1.82, 2.24) is 20.9 Å². The maximum absolute atomic E-state index is 13.3. The zero-order chi connectivity index (χ0) is 26.8. The Morgan fingerprint density at radius 2 is 1.92 bits per heavy atom. The number of likely N-dealkylation sites (N-methyl/N-ethyl adjacent to an activating group) is 1. The van der Waals surface area contributed by atoms with E-state index in [1.807, 2.05) is 37.1 Å². The van der Waals surface area contributed by atoms with Gasteiger partial charge in [0.2, 0.25) is 0 Å². The molecule has 37 heavy (non-hydrogen) atoms. The van der Waals surface area contributed by atoms with E-state index in [1.54, 1.807) is 0 Å². The first-order chi connectivity index (χ1) is 17.8. The summed E-state index contributed by atoms with van der Waals surface area (Å²) in [4.78, 5) is 26.6. The number of alkyl carbamates (subject to hydrolysis) is 1. The molecule has 0 spiro atoms. The van der Waals surface area contributed by atoms with Crippen molar-refractivity contribution in [2.45, 2.75) is 63.7 Å². The molecule has 1 aromatic rings. The first-order valence-corrected chi connectivity index (χ1v) is 13.8. The van der Waals surface area contributed by atoms with Gasteiger partial charge < -0.3 is 35.4 Å². The van der Waals surface area contributed by atoms with Crippen molar-refractivity contribution in [1.29, 1.82) is 0 Å². The summed E-state index contributed by atoms with van der Waals surface area (Å²) in [5.41, 5.74) is 2.05. The van der Waals surface area contributed by atoms with E-state index >= 15 is 0 Å². The van der Waals surface area contributed by atoms with E-state index in [9.17, 15) is 14.7 Å². The highest BCUT2D eigenvalue weighted by molar-refractivity contribution is 6.30. The molecule has 1 saturated carbocycles. The number of amides is 3. The first-order valence-electron chi connectivity index (χ1n) is 13.4. The Morgan fingerprint density at radius 3 is 2.62 bits per heavy atom. The lowest BCUT2D eigenvalue weighted by molar-refractivity contribution is -0.00954. The van der Waals surface area contributed by atoms with Gasteiger partial charge in [-0.25, -0.2) is 9.59 Å². The number of nitrogens with zero attached hydrogens (tertiary/aromatic N) is 1. The lowest BCUT2D eigenvalue weighted by Crippen LogP contribution is -2.56. The number of aliphatic hydroxyl groups excluding tert-OH is 1. The summed E-state index contributed by atoms with van der Waals surface area (Å²) in [6.45, 7) is 4.32. The van der Waals surface area contributed by atoms with Crippen LogP contribution in [0.3, 0.4) is 0 Å². The molecular formula is C27H43ClN4O5. The minimum absolute atomic E-state index is 0.0531. The molecule has 1 aliphatic carbocycles. The fourth-order valence-corrected chi connectivity index (χ4v) is 5.79. The number of halogens is 1. The van der Waals surface area contributed by atoms with Crippen LogP contribution >= 0.6 is 11.6 Å². The van der Waals surface area contributed by atoms with Crippen LogP contribution < -0.4 is 16.0 Å². The average Bonchev–Trinajstić information content (AvgIpc) is 3.44. The highest BCUT2D eigenvalue weighted by Gasteiger charge is 2.35. The van der Waals surface area contributed by atoms with Gasteiger partial charge in [0.05, 0.1) is 32.0 Å². The second-order valence-corrected chi connectivity index (χ2v) is 10.6. The van der Waals surface area contributed by atoms with Crippen molar-refractivity contribution in [3.05, 3.63) is 34.3 Å². The lowest BCUT2D eigenvalue weighted by Gasteiger charge is -2.38. The molecule has 1 saturated heterocycles. The van der Waals surface area contributed by atoms with Gasteiger partial charge in [-0.05, 0) is 68.8 Å². The van der Waals surface area contributed by atoms with Gasteiger partial charge in [0.15, 0.2) is 0 Å². The molecule has 0 bridgehead atoms. The van der Waals surface area contributed by atoms with Crippen LogP contribution in [0.15, 0.2) is 18.2 Å². The molecule has 0 radical (unpaired) electrons. The number of ether oxygens (including phenoxy) is 2. The number of aryl methyl sites for hydroxylation is 1. The second-order valence-electron chi connectivity index (χ2n) is 10.2. The molecule has 3 rings (SSSR count). The third kappa shape index (κ3) is 8.46. The maximum Gasteiger partial charge on any atom is 0.406 e. The Bertz CT molecular complexity index is 882. The number of carbonyl (C=O) groups is 2. The Labute approximate surface area is 225 Å². The number of hydrogen-bond acceptors (Lipinski definition) is 6. The van der Waals surface area contributed by atoms with E-state index in [0.29, 0.717) is 37.8 Å². The minimum Gasteiger partial charge on any atom is -0.453 e. The number of hydrogen-bond donors (Lipinski definition) is 4. The summed E-state index contributed by atoms with van der Waals surface area (Å²) >= 11 is 6.34. The number of likely N-dealkylation sites (tertiary alicyclic amines) is 1. The molecule has 0 aromatic heterocycles. The third-order valence-corrected chi connectivity index (χ3v) is 7.84. The highest BCUT2D eigenvalue weighted by atomic mass is 35.5. The number of urea groups is 1. The van der Waals surface area contributed by atoms with Gasteiger partial charge in [-0.15, -0.1) is 0 Å². The fourth-order valence-electron chi connectivity index (χ4n) is 5.60. The van der Waals surface area contributed by atoms with Gasteiger partial charge in [0.1, 0.15) is 0 Å². The van der Waals surface area contributed by atoms with Crippen LogP contribution in [-0.2, 0) is 9.47 Å². The number of rotatable bonds is 11. The predicted molar refractivity (Wildman–Crippen MR) is 144 cm³/mol. The molecule has 1 aromatic carbocycles. The molecule has 1 heterocycles. The Kier molecular flexibility index (Phi) is 11.8. The summed E-state index contributed by atoms with van der Waals surface area (Å²) in [5.74, 6) is 0.284. The average molecular weight is 539 g/mol. The van der Waals surface area contributed by atoms with Gasteiger partial charge >= 0.3 is 12.1 Å². The molecule has 3 amide bonds. The van der Waals surface area contributed by atoms with Crippen molar-refractivity contribution in [2.75, 3.05) is 46.9 Å². The van der Waals surface area contributed by atoms with Crippen LogP contribution in [0.5, 0.6) is 0 Å². The largest absolute Gasteiger partial charge is 0.453 e. The standard InChI is InChI=1S/C27H43ClN4O5/c1-18-10-11-21(28)15-22(18)25(37-14-12-30-27(35)36-3)20-9-6-13-32(17-20)26(34)31-23(16-29-2)24(33)19-7-4-5-8-19/h10-11,15,19-20,23-25,29,33H,4-9,12-14,16-17H2,1-3H3,(H,30,35)(H,31,34). The van der Waals surface area contributed by atoms with Gasteiger partial charge in [0, 0.05) is 37.1 Å². The molecule has 4 unspecified atom stereocenters. The van der Waals surface area contributed by atoms with Gasteiger partial charge in [0.25, 0.3) is 0 Å². The van der Waals surface area contributed by atoms with Gasteiger partial charge in [-0.3, -0.25) is 0 Å². The van der Waals surface area contributed by atoms with Crippen LogP contribution in [0.4, 0.5) is 9.59 Å². The summed E-state index contributed by atoms with van der Waals surface area (Å²) in [6, 6.07) is 5.26. The summed E-state index contributed by atoms with van der Waals surface area (Å²) in [7, 11) is 3.16. The molecule has 2 aliphatic rings. The monoisotopic (exact) mass is 538 g/mol. The summed E-state index contributed by atoms with van der Waals surface area (Å²) in [6.07, 6.45) is 4.67.